The average molecular weight is 296 g/mol. The van der Waals surface area contributed by atoms with Crippen molar-refractivity contribution in [1.29, 1.82) is 0 Å². The molecule has 2 rings (SSSR count). The molecule has 0 aromatic carbocycles. The van der Waals surface area contributed by atoms with E-state index in [1.54, 1.807) is 0 Å². The van der Waals surface area contributed by atoms with Gasteiger partial charge in [-0.1, -0.05) is 33.1 Å². The van der Waals surface area contributed by atoms with Crippen molar-refractivity contribution in [2.75, 3.05) is 26.3 Å². The minimum Gasteiger partial charge on any atom is -0.377 e. The number of ether oxygens (including phenoxy) is 1. The predicted molar refractivity (Wildman–Crippen MR) is 85.0 cm³/mol. The van der Waals surface area contributed by atoms with Gasteiger partial charge in [-0.25, -0.2) is 0 Å². The molecule has 0 bridgehead atoms. The highest BCUT2D eigenvalue weighted by Gasteiger charge is 2.36. The summed E-state index contributed by atoms with van der Waals surface area (Å²) in [5.74, 6) is 0.890. The summed E-state index contributed by atoms with van der Waals surface area (Å²) in [6, 6.07) is 0.254. The van der Waals surface area contributed by atoms with E-state index in [4.69, 9.17) is 10.5 Å². The molecular weight excluding hydrogens is 264 g/mol. The van der Waals surface area contributed by atoms with Crippen molar-refractivity contribution in [3.63, 3.8) is 0 Å². The van der Waals surface area contributed by atoms with Gasteiger partial charge in [0.15, 0.2) is 0 Å². The summed E-state index contributed by atoms with van der Waals surface area (Å²) >= 11 is 0. The summed E-state index contributed by atoms with van der Waals surface area (Å²) < 4.78 is 5.59. The molecule has 2 N–H and O–H groups in total. The Bertz CT molecular complexity index is 338. The lowest BCUT2D eigenvalue weighted by atomic mass is 9.71. The van der Waals surface area contributed by atoms with Gasteiger partial charge in [0, 0.05) is 13.0 Å². The monoisotopic (exact) mass is 296 g/mol. The Morgan fingerprint density at radius 3 is 2.67 bits per heavy atom. The fraction of sp³-hybridized carbons (Fsp3) is 0.941. The van der Waals surface area contributed by atoms with Crippen molar-refractivity contribution in [1.82, 2.24) is 4.90 Å². The Balaban J connectivity index is 1.99. The zero-order chi connectivity index (χ0) is 15.3. The van der Waals surface area contributed by atoms with E-state index in [0.29, 0.717) is 38.0 Å². The van der Waals surface area contributed by atoms with Gasteiger partial charge in [-0.15, -0.1) is 0 Å². The van der Waals surface area contributed by atoms with E-state index < -0.39 is 0 Å². The Morgan fingerprint density at radius 1 is 1.33 bits per heavy atom. The summed E-state index contributed by atoms with van der Waals surface area (Å²) in [6.07, 6.45) is 7.65. The molecule has 1 aliphatic carbocycles. The van der Waals surface area contributed by atoms with E-state index in [1.807, 2.05) is 0 Å². The van der Waals surface area contributed by atoms with Gasteiger partial charge in [0.25, 0.3) is 0 Å². The number of nitrogens with zero attached hydrogens (tertiary/aromatic N) is 1. The Labute approximate surface area is 129 Å². The lowest BCUT2D eigenvalue weighted by Crippen LogP contribution is -2.51. The topological polar surface area (TPSA) is 55.6 Å². The largest absolute Gasteiger partial charge is 0.377 e. The summed E-state index contributed by atoms with van der Waals surface area (Å²) in [5, 5.41) is 0. The van der Waals surface area contributed by atoms with Crippen LogP contribution in [0.1, 0.15) is 58.8 Å². The number of carbonyl (C=O) groups excluding carboxylic acids is 1. The first-order valence-corrected chi connectivity index (χ1v) is 8.63. The molecule has 1 saturated carbocycles. The van der Waals surface area contributed by atoms with Gasteiger partial charge in [-0.05, 0) is 37.1 Å². The molecule has 1 atom stereocenters. The second-order valence-corrected chi connectivity index (χ2v) is 7.39. The molecule has 1 aliphatic heterocycles. The molecule has 1 unspecified atom stereocenters. The van der Waals surface area contributed by atoms with Gasteiger partial charge in [0.2, 0.25) is 5.91 Å². The fourth-order valence-corrected chi connectivity index (χ4v) is 3.90. The molecular formula is C17H32N2O2. The Morgan fingerprint density at radius 2 is 2.05 bits per heavy atom. The maximum atomic E-state index is 12.8. The van der Waals surface area contributed by atoms with Gasteiger partial charge >= 0.3 is 0 Å². The Hall–Kier alpha value is -0.610. The van der Waals surface area contributed by atoms with Crippen LogP contribution in [0.2, 0.25) is 0 Å². The smallest absolute Gasteiger partial charge is 0.223 e. The third-order valence-corrected chi connectivity index (χ3v) is 5.16. The van der Waals surface area contributed by atoms with Gasteiger partial charge < -0.3 is 15.4 Å². The third kappa shape index (κ3) is 4.43. The summed E-state index contributed by atoms with van der Waals surface area (Å²) in [4.78, 5) is 14.9. The van der Waals surface area contributed by atoms with Crippen molar-refractivity contribution in [3.05, 3.63) is 0 Å². The van der Waals surface area contributed by atoms with E-state index in [0.717, 1.165) is 25.8 Å². The van der Waals surface area contributed by atoms with Crippen molar-refractivity contribution < 1.29 is 9.53 Å². The summed E-state index contributed by atoms with van der Waals surface area (Å²) in [7, 11) is 0. The normalized spacial score (nSPS) is 26.1. The van der Waals surface area contributed by atoms with E-state index in [-0.39, 0.29) is 11.5 Å². The zero-order valence-corrected chi connectivity index (χ0v) is 13.8. The van der Waals surface area contributed by atoms with Crippen LogP contribution >= 0.6 is 0 Å². The van der Waals surface area contributed by atoms with Crippen LogP contribution in [-0.4, -0.2) is 43.2 Å². The third-order valence-electron chi connectivity index (χ3n) is 5.16. The number of hydrogen-bond donors (Lipinski definition) is 1. The first-order valence-electron chi connectivity index (χ1n) is 8.63. The molecule has 0 aromatic heterocycles. The van der Waals surface area contributed by atoms with E-state index in [2.05, 4.69) is 18.7 Å². The predicted octanol–water partition coefficient (Wildman–Crippen LogP) is 2.56. The molecule has 1 heterocycles. The first-order chi connectivity index (χ1) is 10.1. The van der Waals surface area contributed by atoms with Gasteiger partial charge in [-0.3, -0.25) is 4.79 Å². The molecule has 2 fully saturated rings. The van der Waals surface area contributed by atoms with Crippen molar-refractivity contribution in [3.8, 4) is 0 Å². The van der Waals surface area contributed by atoms with Crippen LogP contribution < -0.4 is 5.73 Å². The van der Waals surface area contributed by atoms with E-state index in [1.165, 1.54) is 19.3 Å². The molecule has 2 aliphatic rings. The number of morpholine rings is 1. The van der Waals surface area contributed by atoms with Crippen LogP contribution in [0.3, 0.4) is 0 Å². The number of hydrogen-bond acceptors (Lipinski definition) is 3. The second-order valence-electron chi connectivity index (χ2n) is 7.39. The van der Waals surface area contributed by atoms with E-state index in [9.17, 15) is 4.79 Å². The maximum absolute atomic E-state index is 12.8. The van der Waals surface area contributed by atoms with Gasteiger partial charge in [0.1, 0.15) is 0 Å². The van der Waals surface area contributed by atoms with Gasteiger partial charge in [-0.2, -0.15) is 0 Å². The highest BCUT2D eigenvalue weighted by Crippen LogP contribution is 2.39. The highest BCUT2D eigenvalue weighted by atomic mass is 16.5. The second kappa shape index (κ2) is 7.59. The number of nitrogens with two attached hydrogens (primary N) is 1. The highest BCUT2D eigenvalue weighted by molar-refractivity contribution is 5.77. The lowest BCUT2D eigenvalue weighted by molar-refractivity contribution is -0.143. The maximum Gasteiger partial charge on any atom is 0.223 e. The van der Waals surface area contributed by atoms with Crippen LogP contribution in [-0.2, 0) is 9.53 Å². The molecule has 4 heteroatoms. The van der Waals surface area contributed by atoms with Gasteiger partial charge in [0.05, 0.1) is 19.3 Å². The molecule has 1 amide bonds. The van der Waals surface area contributed by atoms with Crippen LogP contribution in [0.15, 0.2) is 0 Å². The number of rotatable bonds is 5. The zero-order valence-electron chi connectivity index (χ0n) is 13.8. The first kappa shape index (κ1) is 16.8. The summed E-state index contributed by atoms with van der Waals surface area (Å²) in [5.41, 5.74) is 6.10. The molecule has 0 aromatic rings. The van der Waals surface area contributed by atoms with E-state index >= 15 is 0 Å². The molecule has 21 heavy (non-hydrogen) atoms. The quantitative estimate of drug-likeness (QED) is 0.848. The number of carbonyl (C=O) groups is 1. The SMILES string of the molecule is CC(C)CC1COCCN1C(=O)CC1(CN)CCCCC1. The molecule has 4 nitrogen and oxygen atoms in total. The lowest BCUT2D eigenvalue weighted by Gasteiger charge is -2.41. The minimum atomic E-state index is 0.0655. The minimum absolute atomic E-state index is 0.0655. The van der Waals surface area contributed by atoms with Crippen molar-refractivity contribution >= 4 is 5.91 Å². The molecule has 1 saturated heterocycles. The molecule has 122 valence electrons. The van der Waals surface area contributed by atoms with Crippen molar-refractivity contribution in [2.45, 2.75) is 64.8 Å². The average Bonchev–Trinajstić information content (AvgIpc) is 2.48. The Kier molecular flexibility index (Phi) is 6.06. The van der Waals surface area contributed by atoms with Crippen LogP contribution in [0.25, 0.3) is 0 Å². The number of amides is 1. The molecule has 0 radical (unpaired) electrons. The summed E-state index contributed by atoms with van der Waals surface area (Å²) in [6.45, 7) is 7.18. The molecule has 0 spiro atoms. The van der Waals surface area contributed by atoms with Crippen LogP contribution in [0.4, 0.5) is 0 Å². The van der Waals surface area contributed by atoms with Crippen LogP contribution in [0, 0.1) is 11.3 Å². The standard InChI is InChI=1S/C17H32N2O2/c1-14(2)10-15-12-21-9-8-19(15)16(20)11-17(13-18)6-4-3-5-7-17/h14-15H,3-13,18H2,1-2H3. The fourth-order valence-electron chi connectivity index (χ4n) is 3.90. The van der Waals surface area contributed by atoms with Crippen molar-refractivity contribution in [2.24, 2.45) is 17.1 Å². The van der Waals surface area contributed by atoms with Crippen LogP contribution in [0.5, 0.6) is 0 Å².